The zero-order valence-corrected chi connectivity index (χ0v) is 19.7. The first-order valence-electron chi connectivity index (χ1n) is 9.76. The van der Waals surface area contributed by atoms with Gasteiger partial charge in [0, 0.05) is 37.6 Å². The van der Waals surface area contributed by atoms with Crippen LogP contribution < -0.4 is 0 Å². The average Bonchev–Trinajstić information content (AvgIpc) is 2.86. The Morgan fingerprint density at radius 2 is 1.38 bits per heavy atom. The van der Waals surface area contributed by atoms with Crippen molar-refractivity contribution in [1.82, 2.24) is 24.9 Å². The van der Waals surface area contributed by atoms with Gasteiger partial charge < -0.3 is 9.97 Å². The number of rotatable bonds is 3. The summed E-state index contributed by atoms with van der Waals surface area (Å²) < 4.78 is 0. The van der Waals surface area contributed by atoms with Crippen LogP contribution in [0.5, 0.6) is 0 Å². The third kappa shape index (κ3) is 6.20. The Hall–Kier alpha value is -3.60. The van der Waals surface area contributed by atoms with Crippen LogP contribution >= 0.6 is 0 Å². The maximum Gasteiger partial charge on any atom is 0.161 e. The van der Waals surface area contributed by atoms with Crippen LogP contribution in [0, 0.1) is 19.1 Å². The van der Waals surface area contributed by atoms with Crippen LogP contribution in [-0.2, 0) is 20.1 Å². The van der Waals surface area contributed by atoms with Gasteiger partial charge in [-0.25, -0.2) is 15.0 Å². The Labute approximate surface area is 201 Å². The summed E-state index contributed by atoms with van der Waals surface area (Å²) in [6.45, 7) is 1.99. The first-order chi connectivity index (χ1) is 15.3. The number of nitrogens with zero attached hydrogens (tertiary/aromatic N) is 5. The van der Waals surface area contributed by atoms with E-state index in [9.17, 15) is 0 Å². The SMILES string of the molecule is Cc1cccc(-c2[c-]cccc2)n1.[Ir].[c-]1ccccc1-c1cc(-c2ncncn2)ccn1. The van der Waals surface area contributed by atoms with Crippen molar-refractivity contribution in [3.05, 3.63) is 116 Å². The molecule has 0 aliphatic rings. The fourth-order valence-corrected chi connectivity index (χ4v) is 2.90. The Bertz CT molecular complexity index is 1180. The zero-order valence-electron chi connectivity index (χ0n) is 17.3. The second-order valence-corrected chi connectivity index (χ2v) is 6.61. The van der Waals surface area contributed by atoms with Crippen LogP contribution in [0.25, 0.3) is 33.9 Å². The molecule has 32 heavy (non-hydrogen) atoms. The average molecular weight is 594 g/mol. The van der Waals surface area contributed by atoms with Crippen molar-refractivity contribution >= 4 is 0 Å². The van der Waals surface area contributed by atoms with Gasteiger partial charge >= 0.3 is 0 Å². The van der Waals surface area contributed by atoms with Gasteiger partial charge in [0.1, 0.15) is 12.7 Å². The molecule has 0 aliphatic carbocycles. The molecule has 5 rings (SSSR count). The van der Waals surface area contributed by atoms with Crippen molar-refractivity contribution in [3.63, 3.8) is 0 Å². The van der Waals surface area contributed by atoms with Gasteiger partial charge in [0.05, 0.1) is 0 Å². The molecule has 0 bridgehead atoms. The molecular formula is C26H19IrN5-2. The molecule has 5 nitrogen and oxygen atoms in total. The van der Waals surface area contributed by atoms with Gasteiger partial charge in [0.2, 0.25) is 0 Å². The van der Waals surface area contributed by atoms with Crippen LogP contribution in [0.2, 0.25) is 0 Å². The van der Waals surface area contributed by atoms with E-state index in [2.05, 4.69) is 37.1 Å². The molecule has 0 saturated heterocycles. The van der Waals surface area contributed by atoms with Gasteiger partial charge in [-0.1, -0.05) is 18.2 Å². The van der Waals surface area contributed by atoms with E-state index in [4.69, 9.17) is 0 Å². The second-order valence-electron chi connectivity index (χ2n) is 6.61. The van der Waals surface area contributed by atoms with E-state index in [0.717, 1.165) is 33.8 Å². The van der Waals surface area contributed by atoms with Crippen LogP contribution in [0.4, 0.5) is 0 Å². The van der Waals surface area contributed by atoms with Crippen LogP contribution in [-0.4, -0.2) is 24.9 Å². The van der Waals surface area contributed by atoms with E-state index >= 15 is 0 Å². The summed E-state index contributed by atoms with van der Waals surface area (Å²) in [7, 11) is 0. The Kier molecular flexibility index (Phi) is 8.44. The van der Waals surface area contributed by atoms with Gasteiger partial charge in [0.25, 0.3) is 0 Å². The number of benzene rings is 2. The maximum absolute atomic E-state index is 4.41. The zero-order chi connectivity index (χ0) is 21.3. The fourth-order valence-electron chi connectivity index (χ4n) is 2.90. The molecule has 3 heterocycles. The first-order valence-corrected chi connectivity index (χ1v) is 9.76. The van der Waals surface area contributed by atoms with Gasteiger partial charge in [0.15, 0.2) is 5.82 Å². The summed E-state index contributed by atoms with van der Waals surface area (Å²) in [4.78, 5) is 20.8. The standard InChI is InChI=1S/C14H9N4.C12H10N.Ir/c1-2-4-11(5-3-1)13-8-12(6-7-16-13)14-17-9-15-10-18-14;1-10-6-5-9-12(13-10)11-7-3-2-4-8-11;/h1-4,6-10H;2-7,9H,1H3;/q2*-1;. The summed E-state index contributed by atoms with van der Waals surface area (Å²) >= 11 is 0. The normalized spacial score (nSPS) is 9.78. The third-order valence-corrected chi connectivity index (χ3v) is 4.37. The molecule has 0 fully saturated rings. The summed E-state index contributed by atoms with van der Waals surface area (Å²) in [6, 6.07) is 31.7. The van der Waals surface area contributed by atoms with Crippen molar-refractivity contribution in [1.29, 1.82) is 0 Å². The smallest absolute Gasteiger partial charge is 0.161 e. The van der Waals surface area contributed by atoms with Gasteiger partial charge in [-0.15, -0.1) is 71.8 Å². The number of hydrogen-bond donors (Lipinski definition) is 0. The van der Waals surface area contributed by atoms with Gasteiger partial charge in [-0.2, -0.15) is 0 Å². The van der Waals surface area contributed by atoms with Crippen molar-refractivity contribution in [2.24, 2.45) is 0 Å². The Morgan fingerprint density at radius 1 is 0.688 bits per heavy atom. The first kappa shape index (κ1) is 23.1. The quantitative estimate of drug-likeness (QED) is 0.267. The van der Waals surface area contributed by atoms with Crippen molar-refractivity contribution in [3.8, 4) is 33.9 Å². The largest absolute Gasteiger partial charge is 0.305 e. The molecule has 0 unspecified atom stereocenters. The molecule has 6 heteroatoms. The van der Waals surface area contributed by atoms with Crippen LogP contribution in [0.1, 0.15) is 5.69 Å². The van der Waals surface area contributed by atoms with Gasteiger partial charge in [-0.05, 0) is 30.4 Å². The van der Waals surface area contributed by atoms with Crippen molar-refractivity contribution < 1.29 is 20.1 Å². The molecule has 1 radical (unpaired) electrons. The van der Waals surface area contributed by atoms with Crippen molar-refractivity contribution in [2.45, 2.75) is 6.92 Å². The molecule has 3 aromatic heterocycles. The predicted octanol–water partition coefficient (Wildman–Crippen LogP) is 5.26. The minimum absolute atomic E-state index is 0. The molecular weight excluding hydrogens is 575 g/mol. The molecule has 0 spiro atoms. The molecule has 0 N–H and O–H groups in total. The second kappa shape index (κ2) is 11.7. The molecule has 0 saturated carbocycles. The summed E-state index contributed by atoms with van der Waals surface area (Å²) in [5.74, 6) is 0.643. The van der Waals surface area contributed by atoms with E-state index in [-0.39, 0.29) is 20.1 Å². The minimum atomic E-state index is 0. The minimum Gasteiger partial charge on any atom is -0.305 e. The summed E-state index contributed by atoms with van der Waals surface area (Å²) in [6.07, 6.45) is 4.71. The summed E-state index contributed by atoms with van der Waals surface area (Å²) in [5, 5.41) is 0. The van der Waals surface area contributed by atoms with E-state index in [1.165, 1.54) is 12.7 Å². The van der Waals surface area contributed by atoms with E-state index in [1.807, 2.05) is 85.8 Å². The molecule has 0 aliphatic heterocycles. The topological polar surface area (TPSA) is 64.5 Å². The Balaban J connectivity index is 0.000000184. The fraction of sp³-hybridized carbons (Fsp3) is 0.0385. The molecule has 2 aromatic carbocycles. The molecule has 159 valence electrons. The monoisotopic (exact) mass is 594 g/mol. The third-order valence-electron chi connectivity index (χ3n) is 4.37. The predicted molar refractivity (Wildman–Crippen MR) is 121 cm³/mol. The van der Waals surface area contributed by atoms with Crippen molar-refractivity contribution in [2.75, 3.05) is 0 Å². The van der Waals surface area contributed by atoms with E-state index in [0.29, 0.717) is 5.82 Å². The number of aryl methyl sites for hydroxylation is 1. The maximum atomic E-state index is 4.41. The number of pyridine rings is 2. The van der Waals surface area contributed by atoms with E-state index < -0.39 is 0 Å². The number of aromatic nitrogens is 5. The number of hydrogen-bond acceptors (Lipinski definition) is 5. The Morgan fingerprint density at radius 3 is 2.00 bits per heavy atom. The van der Waals surface area contributed by atoms with Gasteiger partial charge in [-0.3, -0.25) is 0 Å². The van der Waals surface area contributed by atoms with Crippen LogP contribution in [0.15, 0.2) is 97.7 Å². The molecule has 0 atom stereocenters. The summed E-state index contributed by atoms with van der Waals surface area (Å²) in [5.41, 5.74) is 5.79. The van der Waals surface area contributed by atoms with E-state index in [1.54, 1.807) is 6.20 Å². The molecule has 0 amide bonds. The molecule has 5 aromatic rings. The van der Waals surface area contributed by atoms with Crippen LogP contribution in [0.3, 0.4) is 0 Å².